The van der Waals surface area contributed by atoms with Crippen molar-refractivity contribution in [2.75, 3.05) is 67.6 Å². The van der Waals surface area contributed by atoms with Gasteiger partial charge in [-0.15, -0.1) is 0 Å². The summed E-state index contributed by atoms with van der Waals surface area (Å²) in [7, 11) is 8.51. The number of hydrogen-bond donors (Lipinski definition) is 1. The second-order valence-corrected chi connectivity index (χ2v) is 5.73. The third-order valence-electron chi connectivity index (χ3n) is 3.49. The SMILES string of the molecule is CNCC1(CN(C)CCN(C)C)CCCOC1. The summed E-state index contributed by atoms with van der Waals surface area (Å²) in [4.78, 5) is 4.67. The van der Waals surface area contributed by atoms with Crippen molar-refractivity contribution in [3.63, 3.8) is 0 Å². The normalized spacial score (nSPS) is 25.8. The van der Waals surface area contributed by atoms with Crippen molar-refractivity contribution >= 4 is 0 Å². The summed E-state index contributed by atoms with van der Waals surface area (Å²) >= 11 is 0. The maximum Gasteiger partial charge on any atom is 0.0546 e. The van der Waals surface area contributed by atoms with E-state index in [0.29, 0.717) is 5.41 Å². The molecule has 0 aromatic rings. The lowest BCUT2D eigenvalue weighted by Gasteiger charge is -2.40. The van der Waals surface area contributed by atoms with Crippen molar-refractivity contribution in [2.45, 2.75) is 12.8 Å². The first-order chi connectivity index (χ1) is 8.08. The molecule has 1 fully saturated rings. The van der Waals surface area contributed by atoms with E-state index in [1.165, 1.54) is 12.8 Å². The molecule has 102 valence electrons. The Kier molecular flexibility index (Phi) is 6.41. The van der Waals surface area contributed by atoms with Crippen molar-refractivity contribution in [1.82, 2.24) is 15.1 Å². The molecule has 0 aliphatic carbocycles. The van der Waals surface area contributed by atoms with Crippen molar-refractivity contribution in [3.8, 4) is 0 Å². The van der Waals surface area contributed by atoms with Gasteiger partial charge in [-0.05, 0) is 41.0 Å². The Bertz CT molecular complexity index is 197. The molecule has 1 aliphatic rings. The summed E-state index contributed by atoms with van der Waals surface area (Å²) in [5, 5.41) is 3.33. The van der Waals surface area contributed by atoms with Crippen LogP contribution in [0.4, 0.5) is 0 Å². The van der Waals surface area contributed by atoms with Crippen LogP contribution < -0.4 is 5.32 Å². The van der Waals surface area contributed by atoms with Gasteiger partial charge in [0.15, 0.2) is 0 Å². The maximum atomic E-state index is 5.69. The summed E-state index contributed by atoms with van der Waals surface area (Å²) in [6, 6.07) is 0. The van der Waals surface area contributed by atoms with E-state index in [4.69, 9.17) is 4.74 Å². The lowest BCUT2D eigenvalue weighted by atomic mass is 9.82. The van der Waals surface area contributed by atoms with Crippen molar-refractivity contribution in [2.24, 2.45) is 5.41 Å². The van der Waals surface area contributed by atoms with Gasteiger partial charge in [-0.1, -0.05) is 0 Å². The molecule has 4 nitrogen and oxygen atoms in total. The van der Waals surface area contributed by atoms with Gasteiger partial charge in [0.25, 0.3) is 0 Å². The zero-order chi connectivity index (χ0) is 12.7. The molecule has 1 rings (SSSR count). The second kappa shape index (κ2) is 7.31. The first-order valence-corrected chi connectivity index (χ1v) is 6.64. The standard InChI is InChI=1S/C13H29N3O/c1-14-10-13(6-5-9-17-12-13)11-16(4)8-7-15(2)3/h14H,5-12H2,1-4H3. The molecule has 0 bridgehead atoms. The lowest BCUT2D eigenvalue weighted by molar-refractivity contribution is -0.0222. The highest BCUT2D eigenvalue weighted by atomic mass is 16.5. The van der Waals surface area contributed by atoms with Crippen LogP contribution in [0.15, 0.2) is 0 Å². The molecule has 0 saturated carbocycles. The minimum atomic E-state index is 0.314. The monoisotopic (exact) mass is 243 g/mol. The van der Waals surface area contributed by atoms with Crippen LogP contribution in [0.25, 0.3) is 0 Å². The largest absolute Gasteiger partial charge is 0.381 e. The van der Waals surface area contributed by atoms with E-state index in [0.717, 1.165) is 39.4 Å². The number of likely N-dealkylation sites (N-methyl/N-ethyl adjacent to an activating group) is 2. The predicted octanol–water partition coefficient (Wildman–Crippen LogP) is 0.496. The number of nitrogens with one attached hydrogen (secondary N) is 1. The van der Waals surface area contributed by atoms with E-state index in [1.54, 1.807) is 0 Å². The average Bonchev–Trinajstić information content (AvgIpc) is 2.28. The molecule has 0 aromatic carbocycles. The van der Waals surface area contributed by atoms with Crippen molar-refractivity contribution in [1.29, 1.82) is 0 Å². The van der Waals surface area contributed by atoms with E-state index >= 15 is 0 Å². The van der Waals surface area contributed by atoms with E-state index in [9.17, 15) is 0 Å². The van der Waals surface area contributed by atoms with Gasteiger partial charge in [-0.2, -0.15) is 0 Å². The van der Waals surface area contributed by atoms with Gasteiger partial charge < -0.3 is 19.9 Å². The number of rotatable bonds is 7. The molecule has 0 spiro atoms. The zero-order valence-electron chi connectivity index (χ0n) is 12.0. The summed E-state index contributed by atoms with van der Waals surface area (Å²) in [6.45, 7) is 6.26. The molecule has 1 aliphatic heterocycles. The Morgan fingerprint density at radius 1 is 1.24 bits per heavy atom. The molecule has 1 heterocycles. The molecule has 1 N–H and O–H groups in total. The molecular weight excluding hydrogens is 214 g/mol. The quantitative estimate of drug-likeness (QED) is 0.704. The van der Waals surface area contributed by atoms with E-state index in [2.05, 4.69) is 36.3 Å². The van der Waals surface area contributed by atoms with Gasteiger partial charge in [0.1, 0.15) is 0 Å². The Balaban J connectivity index is 2.42. The molecule has 17 heavy (non-hydrogen) atoms. The Morgan fingerprint density at radius 2 is 2.00 bits per heavy atom. The Hall–Kier alpha value is -0.160. The van der Waals surface area contributed by atoms with Crippen LogP contribution in [0.3, 0.4) is 0 Å². The molecular formula is C13H29N3O. The minimum absolute atomic E-state index is 0.314. The highest BCUT2D eigenvalue weighted by Crippen LogP contribution is 2.28. The first kappa shape index (κ1) is 14.9. The van der Waals surface area contributed by atoms with Gasteiger partial charge in [-0.3, -0.25) is 0 Å². The van der Waals surface area contributed by atoms with Gasteiger partial charge in [0, 0.05) is 38.2 Å². The third-order valence-corrected chi connectivity index (χ3v) is 3.49. The highest BCUT2D eigenvalue weighted by molar-refractivity contribution is 4.86. The van der Waals surface area contributed by atoms with E-state index in [1.807, 2.05) is 7.05 Å². The van der Waals surface area contributed by atoms with Crippen LogP contribution in [0.1, 0.15) is 12.8 Å². The number of ether oxygens (including phenoxy) is 1. The molecule has 0 radical (unpaired) electrons. The van der Waals surface area contributed by atoms with Crippen LogP contribution in [-0.2, 0) is 4.74 Å². The smallest absolute Gasteiger partial charge is 0.0546 e. The van der Waals surface area contributed by atoms with Crippen LogP contribution >= 0.6 is 0 Å². The van der Waals surface area contributed by atoms with Gasteiger partial charge in [0.05, 0.1) is 6.61 Å². The molecule has 4 heteroatoms. The average molecular weight is 243 g/mol. The van der Waals surface area contributed by atoms with Gasteiger partial charge >= 0.3 is 0 Å². The minimum Gasteiger partial charge on any atom is -0.381 e. The van der Waals surface area contributed by atoms with Crippen LogP contribution in [0, 0.1) is 5.41 Å². The summed E-state index contributed by atoms with van der Waals surface area (Å²) in [6.07, 6.45) is 2.48. The Labute approximate surface area is 106 Å². The van der Waals surface area contributed by atoms with E-state index < -0.39 is 0 Å². The van der Waals surface area contributed by atoms with Gasteiger partial charge in [-0.25, -0.2) is 0 Å². The fourth-order valence-corrected chi connectivity index (χ4v) is 2.63. The predicted molar refractivity (Wildman–Crippen MR) is 72.5 cm³/mol. The topological polar surface area (TPSA) is 27.7 Å². The third kappa shape index (κ3) is 5.34. The van der Waals surface area contributed by atoms with Crippen LogP contribution in [0.5, 0.6) is 0 Å². The molecule has 1 atom stereocenters. The summed E-state index contributed by atoms with van der Waals surface area (Å²) < 4.78 is 5.69. The lowest BCUT2D eigenvalue weighted by Crippen LogP contribution is -2.48. The fourth-order valence-electron chi connectivity index (χ4n) is 2.63. The van der Waals surface area contributed by atoms with Crippen molar-refractivity contribution in [3.05, 3.63) is 0 Å². The number of hydrogen-bond acceptors (Lipinski definition) is 4. The molecule has 0 aromatic heterocycles. The van der Waals surface area contributed by atoms with E-state index in [-0.39, 0.29) is 0 Å². The molecule has 1 unspecified atom stereocenters. The van der Waals surface area contributed by atoms with Gasteiger partial charge in [0.2, 0.25) is 0 Å². The first-order valence-electron chi connectivity index (χ1n) is 6.64. The molecule has 0 amide bonds. The molecule has 1 saturated heterocycles. The summed E-state index contributed by atoms with van der Waals surface area (Å²) in [5.74, 6) is 0. The zero-order valence-corrected chi connectivity index (χ0v) is 12.0. The fraction of sp³-hybridized carbons (Fsp3) is 1.00. The second-order valence-electron chi connectivity index (χ2n) is 5.73. The number of nitrogens with zero attached hydrogens (tertiary/aromatic N) is 2. The summed E-state index contributed by atoms with van der Waals surface area (Å²) in [5.41, 5.74) is 0.314. The van der Waals surface area contributed by atoms with Crippen LogP contribution in [-0.4, -0.2) is 77.4 Å². The highest BCUT2D eigenvalue weighted by Gasteiger charge is 2.33. The maximum absolute atomic E-state index is 5.69. The van der Waals surface area contributed by atoms with Crippen molar-refractivity contribution < 1.29 is 4.74 Å². The van der Waals surface area contributed by atoms with Crippen LogP contribution in [0.2, 0.25) is 0 Å². The Morgan fingerprint density at radius 3 is 2.53 bits per heavy atom.